The molecule has 13 heavy (non-hydrogen) atoms. The first kappa shape index (κ1) is 8.62. The summed E-state index contributed by atoms with van der Waals surface area (Å²) >= 11 is 0. The highest BCUT2D eigenvalue weighted by Crippen LogP contribution is 2.30. The van der Waals surface area contributed by atoms with Crippen molar-refractivity contribution in [2.45, 2.75) is 32.4 Å². The smallest absolute Gasteiger partial charge is 0.167 e. The van der Waals surface area contributed by atoms with Crippen molar-refractivity contribution in [1.29, 1.82) is 0 Å². The molecule has 0 aromatic carbocycles. The fourth-order valence-corrected chi connectivity index (χ4v) is 1.33. The lowest BCUT2D eigenvalue weighted by Gasteiger charge is -2.09. The minimum absolute atomic E-state index is 0.230. The largest absolute Gasteiger partial charge is 0.311 e. The average Bonchev–Trinajstić information content (AvgIpc) is 2.82. The Hall–Kier alpha value is -0.970. The third kappa shape index (κ3) is 1.85. The highest BCUT2D eigenvalue weighted by molar-refractivity contribution is 4.90. The molecule has 0 amide bonds. The van der Waals surface area contributed by atoms with E-state index in [1.165, 1.54) is 12.8 Å². The Labute approximate surface area is 77.5 Å². The van der Waals surface area contributed by atoms with Crippen molar-refractivity contribution in [3.8, 4) is 0 Å². The van der Waals surface area contributed by atoms with Crippen LogP contribution in [0.5, 0.6) is 0 Å². The van der Waals surface area contributed by atoms with Gasteiger partial charge in [0.25, 0.3) is 0 Å². The van der Waals surface area contributed by atoms with Gasteiger partial charge in [-0.3, -0.25) is 0 Å². The minimum Gasteiger partial charge on any atom is -0.311 e. The van der Waals surface area contributed by atoms with Crippen LogP contribution in [-0.4, -0.2) is 27.3 Å². The van der Waals surface area contributed by atoms with E-state index in [1.54, 1.807) is 0 Å². The first-order chi connectivity index (χ1) is 6.31. The first-order valence-electron chi connectivity index (χ1n) is 4.74. The molecule has 1 N–H and O–H groups in total. The molecule has 1 heterocycles. The van der Waals surface area contributed by atoms with Gasteiger partial charge in [-0.05, 0) is 43.2 Å². The van der Waals surface area contributed by atoms with Crippen molar-refractivity contribution in [1.82, 2.24) is 25.5 Å². The van der Waals surface area contributed by atoms with Crippen LogP contribution in [0.2, 0.25) is 0 Å². The molecule has 0 aliphatic heterocycles. The van der Waals surface area contributed by atoms with E-state index in [1.807, 2.05) is 11.7 Å². The quantitative estimate of drug-likeness (QED) is 0.729. The molecule has 72 valence electrons. The monoisotopic (exact) mass is 181 g/mol. The molecule has 0 radical (unpaired) electrons. The highest BCUT2D eigenvalue weighted by atomic mass is 15.5. The Morgan fingerprint density at radius 3 is 3.00 bits per heavy atom. The summed E-state index contributed by atoms with van der Waals surface area (Å²) in [5.41, 5.74) is 0. The molecule has 1 aromatic rings. The predicted molar refractivity (Wildman–Crippen MR) is 48.0 cm³/mol. The van der Waals surface area contributed by atoms with Crippen LogP contribution in [0.15, 0.2) is 0 Å². The first-order valence-corrected chi connectivity index (χ1v) is 4.74. The Kier molecular flexibility index (Phi) is 2.26. The molecule has 5 heteroatoms. The zero-order valence-electron chi connectivity index (χ0n) is 8.06. The van der Waals surface area contributed by atoms with Crippen molar-refractivity contribution in [2.75, 3.05) is 7.05 Å². The second-order valence-electron chi connectivity index (χ2n) is 3.67. The van der Waals surface area contributed by atoms with E-state index in [4.69, 9.17) is 0 Å². The maximum absolute atomic E-state index is 4.01. The predicted octanol–water partition coefficient (Wildman–Crippen LogP) is 0.363. The van der Waals surface area contributed by atoms with Gasteiger partial charge in [0.1, 0.15) is 0 Å². The summed E-state index contributed by atoms with van der Waals surface area (Å²) in [7, 11) is 1.92. The van der Waals surface area contributed by atoms with Crippen LogP contribution in [0.1, 0.15) is 31.6 Å². The standard InChI is InChI=1S/C8H15N5/c1-6(9-2)8-10-11-12-13(8)5-7-3-4-7/h6-7,9H,3-5H2,1-2H3. The molecular weight excluding hydrogens is 166 g/mol. The van der Waals surface area contributed by atoms with Crippen LogP contribution >= 0.6 is 0 Å². The lowest BCUT2D eigenvalue weighted by atomic mass is 10.3. The zero-order valence-corrected chi connectivity index (χ0v) is 8.06. The van der Waals surface area contributed by atoms with E-state index in [9.17, 15) is 0 Å². The zero-order chi connectivity index (χ0) is 9.26. The molecule has 1 saturated carbocycles. The summed E-state index contributed by atoms with van der Waals surface area (Å²) in [6, 6.07) is 0.230. The van der Waals surface area contributed by atoms with Gasteiger partial charge < -0.3 is 5.32 Å². The highest BCUT2D eigenvalue weighted by Gasteiger charge is 2.24. The number of nitrogens with one attached hydrogen (secondary N) is 1. The van der Waals surface area contributed by atoms with Crippen LogP contribution in [0.3, 0.4) is 0 Å². The van der Waals surface area contributed by atoms with Gasteiger partial charge >= 0.3 is 0 Å². The van der Waals surface area contributed by atoms with E-state index >= 15 is 0 Å². The van der Waals surface area contributed by atoms with Crippen LogP contribution in [0.25, 0.3) is 0 Å². The van der Waals surface area contributed by atoms with Gasteiger partial charge in [0.05, 0.1) is 6.04 Å². The van der Waals surface area contributed by atoms with E-state index in [0.29, 0.717) is 0 Å². The number of rotatable bonds is 4. The van der Waals surface area contributed by atoms with E-state index in [-0.39, 0.29) is 6.04 Å². The minimum atomic E-state index is 0.230. The van der Waals surface area contributed by atoms with E-state index in [0.717, 1.165) is 18.3 Å². The number of hydrogen-bond acceptors (Lipinski definition) is 4. The van der Waals surface area contributed by atoms with Crippen molar-refractivity contribution >= 4 is 0 Å². The van der Waals surface area contributed by atoms with Gasteiger partial charge in [0.2, 0.25) is 0 Å². The summed E-state index contributed by atoms with van der Waals surface area (Å²) < 4.78 is 1.92. The maximum Gasteiger partial charge on any atom is 0.167 e. The molecule has 0 bridgehead atoms. The Morgan fingerprint density at radius 1 is 1.62 bits per heavy atom. The van der Waals surface area contributed by atoms with Gasteiger partial charge in [-0.25, -0.2) is 4.68 Å². The van der Waals surface area contributed by atoms with Crippen LogP contribution in [-0.2, 0) is 6.54 Å². The van der Waals surface area contributed by atoms with Crippen LogP contribution in [0, 0.1) is 5.92 Å². The summed E-state index contributed by atoms with van der Waals surface area (Å²) in [4.78, 5) is 0. The number of aromatic nitrogens is 4. The SMILES string of the molecule is CNC(C)c1nnnn1CC1CC1. The second-order valence-corrected chi connectivity index (χ2v) is 3.67. The summed E-state index contributed by atoms with van der Waals surface area (Å²) in [5, 5.41) is 14.8. The fraction of sp³-hybridized carbons (Fsp3) is 0.875. The summed E-state index contributed by atoms with van der Waals surface area (Å²) in [6.45, 7) is 3.05. The maximum atomic E-state index is 4.01. The lowest BCUT2D eigenvalue weighted by molar-refractivity contribution is 0.486. The molecular formula is C8H15N5. The number of tetrazole rings is 1. The lowest BCUT2D eigenvalue weighted by Crippen LogP contribution is -2.19. The summed E-state index contributed by atoms with van der Waals surface area (Å²) in [5.74, 6) is 1.75. The van der Waals surface area contributed by atoms with Crippen molar-refractivity contribution in [2.24, 2.45) is 5.92 Å². The Morgan fingerprint density at radius 2 is 2.38 bits per heavy atom. The average molecular weight is 181 g/mol. The molecule has 1 aromatic heterocycles. The van der Waals surface area contributed by atoms with Crippen molar-refractivity contribution in [3.63, 3.8) is 0 Å². The van der Waals surface area contributed by atoms with E-state index < -0.39 is 0 Å². The molecule has 1 aliphatic rings. The fourth-order valence-electron chi connectivity index (χ4n) is 1.33. The number of hydrogen-bond donors (Lipinski definition) is 1. The Balaban J connectivity index is 2.09. The number of nitrogens with zero attached hydrogens (tertiary/aromatic N) is 4. The van der Waals surface area contributed by atoms with Crippen LogP contribution in [0.4, 0.5) is 0 Å². The van der Waals surface area contributed by atoms with E-state index in [2.05, 4.69) is 27.8 Å². The topological polar surface area (TPSA) is 55.6 Å². The van der Waals surface area contributed by atoms with Gasteiger partial charge in [-0.15, -0.1) is 5.10 Å². The molecule has 0 saturated heterocycles. The van der Waals surface area contributed by atoms with Crippen molar-refractivity contribution in [3.05, 3.63) is 5.82 Å². The van der Waals surface area contributed by atoms with Gasteiger partial charge in [0.15, 0.2) is 5.82 Å². The molecule has 1 atom stereocenters. The molecule has 1 unspecified atom stereocenters. The van der Waals surface area contributed by atoms with Gasteiger partial charge in [-0.2, -0.15) is 0 Å². The molecule has 1 aliphatic carbocycles. The van der Waals surface area contributed by atoms with Crippen LogP contribution < -0.4 is 5.32 Å². The molecule has 0 spiro atoms. The summed E-state index contributed by atoms with van der Waals surface area (Å²) in [6.07, 6.45) is 2.65. The molecule has 1 fully saturated rings. The van der Waals surface area contributed by atoms with Gasteiger partial charge in [-0.1, -0.05) is 0 Å². The van der Waals surface area contributed by atoms with Crippen molar-refractivity contribution < 1.29 is 0 Å². The third-order valence-corrected chi connectivity index (χ3v) is 2.51. The molecule has 5 nitrogen and oxygen atoms in total. The second kappa shape index (κ2) is 3.41. The normalized spacial score (nSPS) is 18.9. The Bertz CT molecular complexity index is 278. The third-order valence-electron chi connectivity index (χ3n) is 2.51. The molecule has 2 rings (SSSR count). The van der Waals surface area contributed by atoms with Gasteiger partial charge in [0, 0.05) is 6.54 Å².